The van der Waals surface area contributed by atoms with Gasteiger partial charge in [-0.2, -0.15) is 0 Å². The number of nitrogens with one attached hydrogen (secondary N) is 1. The van der Waals surface area contributed by atoms with E-state index in [2.05, 4.69) is 5.32 Å². The van der Waals surface area contributed by atoms with Gasteiger partial charge in [0, 0.05) is 38.5 Å². The van der Waals surface area contributed by atoms with E-state index in [9.17, 15) is 4.39 Å². The number of hydrogen-bond donors (Lipinski definition) is 1. The minimum atomic E-state index is -0.231. The second-order valence-corrected chi connectivity index (χ2v) is 5.21. The molecule has 1 aromatic carbocycles. The Labute approximate surface area is 125 Å². The molecule has 1 aliphatic rings. The van der Waals surface area contributed by atoms with Crippen LogP contribution in [0.5, 0.6) is 5.75 Å². The summed E-state index contributed by atoms with van der Waals surface area (Å²) < 4.78 is 29.4. The smallest absolute Gasteiger partial charge is 0.124 e. The summed E-state index contributed by atoms with van der Waals surface area (Å²) in [5.74, 6) is 0.496. The molecule has 1 N–H and O–H groups in total. The van der Waals surface area contributed by atoms with Gasteiger partial charge in [0.1, 0.15) is 18.2 Å². The zero-order valence-corrected chi connectivity index (χ0v) is 12.6. The molecule has 4 nitrogen and oxygen atoms in total. The highest BCUT2D eigenvalue weighted by molar-refractivity contribution is 5.34. The van der Waals surface area contributed by atoms with Crippen molar-refractivity contribution >= 4 is 0 Å². The van der Waals surface area contributed by atoms with Crippen LogP contribution in [0.2, 0.25) is 0 Å². The molecule has 1 fully saturated rings. The molecule has 1 aliphatic carbocycles. The fourth-order valence-corrected chi connectivity index (χ4v) is 1.99. The lowest BCUT2D eigenvalue weighted by Gasteiger charge is -2.12. The average molecular weight is 297 g/mol. The second-order valence-electron chi connectivity index (χ2n) is 5.21. The molecule has 0 radical (unpaired) electrons. The van der Waals surface area contributed by atoms with E-state index >= 15 is 0 Å². The maximum atomic E-state index is 13.3. The predicted molar refractivity (Wildman–Crippen MR) is 79.1 cm³/mol. The van der Waals surface area contributed by atoms with Crippen LogP contribution in [0, 0.1) is 5.82 Å². The van der Waals surface area contributed by atoms with Crippen LogP contribution in [0.4, 0.5) is 4.39 Å². The van der Waals surface area contributed by atoms with E-state index < -0.39 is 0 Å². The highest BCUT2D eigenvalue weighted by atomic mass is 19.1. The quantitative estimate of drug-likeness (QED) is 0.637. The van der Waals surface area contributed by atoms with E-state index in [1.807, 2.05) is 0 Å². The molecular weight excluding hydrogens is 273 g/mol. The standard InChI is InChI=1S/C16H24FNO3/c1-19-7-2-8-20-9-10-21-16-6-3-14(17)11-13(16)12-18-15-4-5-15/h3,6,11,15,18H,2,4-5,7-10,12H2,1H3. The summed E-state index contributed by atoms with van der Waals surface area (Å²) in [4.78, 5) is 0. The summed E-state index contributed by atoms with van der Waals surface area (Å²) in [6.07, 6.45) is 3.30. The molecule has 21 heavy (non-hydrogen) atoms. The van der Waals surface area contributed by atoms with Crippen molar-refractivity contribution in [1.82, 2.24) is 5.32 Å². The van der Waals surface area contributed by atoms with Gasteiger partial charge >= 0.3 is 0 Å². The zero-order valence-electron chi connectivity index (χ0n) is 12.6. The summed E-state index contributed by atoms with van der Waals surface area (Å²) in [5, 5.41) is 3.37. The molecule has 0 heterocycles. The number of rotatable bonds is 11. The third-order valence-corrected chi connectivity index (χ3v) is 3.30. The Morgan fingerprint density at radius 2 is 2.05 bits per heavy atom. The lowest BCUT2D eigenvalue weighted by atomic mass is 10.2. The average Bonchev–Trinajstić information content (AvgIpc) is 3.30. The molecular formula is C16H24FNO3. The van der Waals surface area contributed by atoms with Crippen molar-refractivity contribution in [2.75, 3.05) is 33.5 Å². The third-order valence-electron chi connectivity index (χ3n) is 3.30. The lowest BCUT2D eigenvalue weighted by molar-refractivity contribution is 0.0804. The summed E-state index contributed by atoms with van der Waals surface area (Å²) in [6.45, 7) is 3.00. The first-order valence-electron chi connectivity index (χ1n) is 7.51. The van der Waals surface area contributed by atoms with Crippen molar-refractivity contribution in [2.24, 2.45) is 0 Å². The topological polar surface area (TPSA) is 39.7 Å². The van der Waals surface area contributed by atoms with Crippen LogP contribution >= 0.6 is 0 Å². The number of benzene rings is 1. The van der Waals surface area contributed by atoms with E-state index in [-0.39, 0.29) is 5.82 Å². The molecule has 0 amide bonds. The minimum Gasteiger partial charge on any atom is -0.491 e. The zero-order chi connectivity index (χ0) is 14.9. The number of halogens is 1. The van der Waals surface area contributed by atoms with Crippen LogP contribution in [0.15, 0.2) is 18.2 Å². The number of hydrogen-bond acceptors (Lipinski definition) is 4. The van der Waals surface area contributed by atoms with Crippen LogP contribution in [0.1, 0.15) is 24.8 Å². The first-order valence-corrected chi connectivity index (χ1v) is 7.51. The SMILES string of the molecule is COCCCOCCOc1ccc(F)cc1CNC1CC1. The van der Waals surface area contributed by atoms with Crippen molar-refractivity contribution in [2.45, 2.75) is 31.8 Å². The van der Waals surface area contributed by atoms with E-state index in [1.54, 1.807) is 13.2 Å². The molecule has 118 valence electrons. The van der Waals surface area contributed by atoms with Gasteiger partial charge in [0.2, 0.25) is 0 Å². The second kappa shape index (κ2) is 8.97. The molecule has 0 spiro atoms. The first-order chi connectivity index (χ1) is 10.3. The van der Waals surface area contributed by atoms with Crippen LogP contribution in [0.25, 0.3) is 0 Å². The van der Waals surface area contributed by atoms with Gasteiger partial charge in [-0.1, -0.05) is 0 Å². The maximum absolute atomic E-state index is 13.3. The van der Waals surface area contributed by atoms with E-state index in [0.29, 0.717) is 39.0 Å². The molecule has 1 aromatic rings. The van der Waals surface area contributed by atoms with Crippen molar-refractivity contribution in [3.05, 3.63) is 29.6 Å². The van der Waals surface area contributed by atoms with Gasteiger partial charge in [0.05, 0.1) is 6.61 Å². The van der Waals surface area contributed by atoms with Crippen molar-refractivity contribution < 1.29 is 18.6 Å². The van der Waals surface area contributed by atoms with Crippen LogP contribution in [-0.4, -0.2) is 39.6 Å². The first kappa shape index (κ1) is 16.2. The van der Waals surface area contributed by atoms with E-state index in [0.717, 1.165) is 17.7 Å². The molecule has 0 saturated heterocycles. The fourth-order valence-electron chi connectivity index (χ4n) is 1.99. The Balaban J connectivity index is 1.70. The molecule has 0 unspecified atom stereocenters. The fraction of sp³-hybridized carbons (Fsp3) is 0.625. The summed E-state index contributed by atoms with van der Waals surface area (Å²) in [5.41, 5.74) is 0.862. The molecule has 5 heteroatoms. The molecule has 1 saturated carbocycles. The third kappa shape index (κ3) is 6.42. The van der Waals surface area contributed by atoms with Crippen LogP contribution in [0.3, 0.4) is 0 Å². The molecule has 0 aliphatic heterocycles. The van der Waals surface area contributed by atoms with Crippen molar-refractivity contribution in [3.8, 4) is 5.75 Å². The Hall–Kier alpha value is -1.17. The maximum Gasteiger partial charge on any atom is 0.124 e. The largest absolute Gasteiger partial charge is 0.491 e. The van der Waals surface area contributed by atoms with E-state index in [4.69, 9.17) is 14.2 Å². The predicted octanol–water partition coefficient (Wildman–Crippen LogP) is 2.51. The van der Waals surface area contributed by atoms with Crippen molar-refractivity contribution in [3.63, 3.8) is 0 Å². The molecule has 0 aromatic heterocycles. The van der Waals surface area contributed by atoms with Gasteiger partial charge in [-0.25, -0.2) is 4.39 Å². The number of methoxy groups -OCH3 is 1. The minimum absolute atomic E-state index is 0.231. The Kier molecular flexibility index (Phi) is 6.92. The normalized spacial score (nSPS) is 14.4. The summed E-state index contributed by atoms with van der Waals surface area (Å²) >= 11 is 0. The number of ether oxygens (including phenoxy) is 3. The molecule has 2 rings (SSSR count). The highest BCUT2D eigenvalue weighted by Gasteiger charge is 2.20. The van der Waals surface area contributed by atoms with Crippen LogP contribution < -0.4 is 10.1 Å². The van der Waals surface area contributed by atoms with Gasteiger partial charge in [-0.15, -0.1) is 0 Å². The Morgan fingerprint density at radius 3 is 2.81 bits per heavy atom. The molecule has 0 bridgehead atoms. The van der Waals surface area contributed by atoms with Crippen molar-refractivity contribution in [1.29, 1.82) is 0 Å². The van der Waals surface area contributed by atoms with Gasteiger partial charge < -0.3 is 19.5 Å². The monoisotopic (exact) mass is 297 g/mol. The lowest BCUT2D eigenvalue weighted by Crippen LogP contribution is -2.17. The van der Waals surface area contributed by atoms with Crippen LogP contribution in [-0.2, 0) is 16.0 Å². The summed E-state index contributed by atoms with van der Waals surface area (Å²) in [6, 6.07) is 5.23. The highest BCUT2D eigenvalue weighted by Crippen LogP contribution is 2.23. The molecule has 0 atom stereocenters. The van der Waals surface area contributed by atoms with Gasteiger partial charge in [0.15, 0.2) is 0 Å². The van der Waals surface area contributed by atoms with E-state index in [1.165, 1.54) is 25.0 Å². The van der Waals surface area contributed by atoms with Gasteiger partial charge in [0.25, 0.3) is 0 Å². The van der Waals surface area contributed by atoms with Gasteiger partial charge in [-0.3, -0.25) is 0 Å². The Morgan fingerprint density at radius 1 is 1.19 bits per heavy atom. The summed E-state index contributed by atoms with van der Waals surface area (Å²) in [7, 11) is 1.68. The Bertz CT molecular complexity index is 424. The van der Waals surface area contributed by atoms with Gasteiger partial charge in [-0.05, 0) is 37.5 Å².